The summed E-state index contributed by atoms with van der Waals surface area (Å²) in [6.45, 7) is 3.11. The van der Waals surface area contributed by atoms with Crippen molar-refractivity contribution >= 4 is 23.9 Å². The highest BCUT2D eigenvalue weighted by molar-refractivity contribution is 5.95. The molecule has 0 aliphatic carbocycles. The van der Waals surface area contributed by atoms with Crippen molar-refractivity contribution in [3.8, 4) is 0 Å². The van der Waals surface area contributed by atoms with E-state index in [1.807, 2.05) is 30.3 Å². The summed E-state index contributed by atoms with van der Waals surface area (Å²) in [7, 11) is 0. The molecule has 1 heterocycles. The van der Waals surface area contributed by atoms with E-state index in [2.05, 4.69) is 5.48 Å². The number of likely N-dealkylation sites (tertiary alicyclic amines) is 1. The van der Waals surface area contributed by atoms with Crippen molar-refractivity contribution in [2.45, 2.75) is 32.5 Å². The van der Waals surface area contributed by atoms with Gasteiger partial charge in [0.15, 0.2) is 5.84 Å². The number of amidine groups is 1. The predicted molar refractivity (Wildman–Crippen MR) is 122 cm³/mol. The van der Waals surface area contributed by atoms with E-state index >= 15 is 0 Å². The minimum absolute atomic E-state index is 0.0312. The molecule has 1 saturated heterocycles. The first-order valence-corrected chi connectivity index (χ1v) is 11.1. The molecule has 1 unspecified atom stereocenters. The molecule has 1 atom stereocenters. The SMILES string of the molecule is CCOC(=O)C=C(ONC(=N)C1(OCCO)CCN(C(=O)OCc2ccccc2)C1)C(=O)OCC. The van der Waals surface area contributed by atoms with E-state index in [9.17, 15) is 19.5 Å². The third-order valence-corrected chi connectivity index (χ3v) is 4.90. The quantitative estimate of drug-likeness (QED) is 0.0737. The molecule has 0 bridgehead atoms. The molecule has 0 spiro atoms. The van der Waals surface area contributed by atoms with Gasteiger partial charge in [0.05, 0.1) is 39.0 Å². The molecule has 0 radical (unpaired) electrons. The number of esters is 2. The molecule has 1 aliphatic heterocycles. The van der Waals surface area contributed by atoms with Crippen LogP contribution in [0.2, 0.25) is 0 Å². The van der Waals surface area contributed by atoms with Gasteiger partial charge >= 0.3 is 18.0 Å². The van der Waals surface area contributed by atoms with Gasteiger partial charge < -0.3 is 33.8 Å². The summed E-state index contributed by atoms with van der Waals surface area (Å²) in [5.41, 5.74) is 1.76. The minimum atomic E-state index is -1.36. The van der Waals surface area contributed by atoms with E-state index in [-0.39, 0.29) is 58.4 Å². The second-order valence-electron chi connectivity index (χ2n) is 7.34. The van der Waals surface area contributed by atoms with Crippen LogP contribution >= 0.6 is 0 Å². The first kappa shape index (κ1) is 27.6. The molecule has 1 aromatic rings. The Kier molecular flexibility index (Phi) is 11.0. The molecule has 35 heavy (non-hydrogen) atoms. The van der Waals surface area contributed by atoms with Crippen LogP contribution in [0.3, 0.4) is 0 Å². The maximum atomic E-state index is 12.6. The number of ether oxygens (including phenoxy) is 4. The van der Waals surface area contributed by atoms with E-state index < -0.39 is 29.4 Å². The summed E-state index contributed by atoms with van der Waals surface area (Å²) >= 11 is 0. The standard InChI is InChI=1S/C23H31N3O9/c1-3-31-19(28)14-18(20(29)32-4-2)35-25-21(24)23(34-13-12-27)10-11-26(16-23)22(30)33-15-17-8-6-5-7-9-17/h5-9,14,27H,3-4,10-13,15-16H2,1-2H3,(H2,24,25). The average Bonchev–Trinajstić information content (AvgIpc) is 3.30. The van der Waals surface area contributed by atoms with Crippen molar-refractivity contribution in [1.29, 1.82) is 5.41 Å². The van der Waals surface area contributed by atoms with Gasteiger partial charge in [0.1, 0.15) is 12.2 Å². The molecule has 1 aliphatic rings. The number of hydrogen-bond acceptors (Lipinski definition) is 10. The number of aliphatic hydroxyl groups is 1. The normalized spacial score (nSPS) is 17.5. The number of benzene rings is 1. The maximum Gasteiger partial charge on any atom is 0.410 e. The molecule has 1 amide bonds. The Morgan fingerprint density at radius 1 is 1.14 bits per heavy atom. The molecule has 2 rings (SSSR count). The number of nitrogens with zero attached hydrogens (tertiary/aromatic N) is 1. The molecular formula is C23H31N3O9. The lowest BCUT2D eigenvalue weighted by atomic mass is 10.0. The second kappa shape index (κ2) is 13.9. The Balaban J connectivity index is 2.06. The summed E-state index contributed by atoms with van der Waals surface area (Å²) in [6, 6.07) is 9.18. The van der Waals surface area contributed by atoms with Crippen molar-refractivity contribution < 1.29 is 43.3 Å². The largest absolute Gasteiger partial charge is 0.463 e. The Morgan fingerprint density at radius 2 is 1.86 bits per heavy atom. The van der Waals surface area contributed by atoms with Gasteiger partial charge in [-0.05, 0) is 19.4 Å². The highest BCUT2D eigenvalue weighted by Crippen LogP contribution is 2.27. The zero-order valence-corrected chi connectivity index (χ0v) is 19.8. The lowest BCUT2D eigenvalue weighted by molar-refractivity contribution is -0.145. The van der Waals surface area contributed by atoms with Crippen LogP contribution in [0.5, 0.6) is 0 Å². The molecule has 12 heteroatoms. The fraction of sp³-hybridized carbons (Fsp3) is 0.478. The molecule has 192 valence electrons. The first-order valence-electron chi connectivity index (χ1n) is 11.1. The third kappa shape index (κ3) is 8.26. The van der Waals surface area contributed by atoms with Gasteiger partial charge in [-0.1, -0.05) is 30.3 Å². The highest BCUT2D eigenvalue weighted by Gasteiger charge is 2.46. The van der Waals surface area contributed by atoms with Crippen molar-refractivity contribution in [2.75, 3.05) is 39.5 Å². The Morgan fingerprint density at radius 3 is 2.51 bits per heavy atom. The van der Waals surface area contributed by atoms with Gasteiger partial charge in [-0.15, -0.1) is 0 Å². The van der Waals surface area contributed by atoms with Crippen LogP contribution in [-0.4, -0.2) is 79.0 Å². The Labute approximate surface area is 203 Å². The average molecular weight is 494 g/mol. The van der Waals surface area contributed by atoms with Gasteiger partial charge in [0.2, 0.25) is 5.76 Å². The van der Waals surface area contributed by atoms with E-state index in [1.54, 1.807) is 13.8 Å². The van der Waals surface area contributed by atoms with Crippen molar-refractivity contribution in [3.63, 3.8) is 0 Å². The summed E-state index contributed by atoms with van der Waals surface area (Å²) in [4.78, 5) is 43.0. The van der Waals surface area contributed by atoms with E-state index in [0.717, 1.165) is 11.6 Å². The van der Waals surface area contributed by atoms with E-state index in [4.69, 9.17) is 29.2 Å². The van der Waals surface area contributed by atoms with Gasteiger partial charge in [-0.3, -0.25) is 5.41 Å². The summed E-state index contributed by atoms with van der Waals surface area (Å²) in [5.74, 6) is -2.63. The number of amides is 1. The number of hydroxylamine groups is 1. The monoisotopic (exact) mass is 493 g/mol. The van der Waals surface area contributed by atoms with Gasteiger partial charge in [-0.25, -0.2) is 19.9 Å². The second-order valence-corrected chi connectivity index (χ2v) is 7.34. The van der Waals surface area contributed by atoms with Crippen molar-refractivity contribution in [3.05, 3.63) is 47.7 Å². The fourth-order valence-corrected chi connectivity index (χ4v) is 3.21. The predicted octanol–water partition coefficient (Wildman–Crippen LogP) is 1.29. The molecule has 3 N–H and O–H groups in total. The van der Waals surface area contributed by atoms with Crippen LogP contribution in [0.1, 0.15) is 25.8 Å². The van der Waals surface area contributed by atoms with E-state index in [1.165, 1.54) is 4.90 Å². The van der Waals surface area contributed by atoms with Crippen LogP contribution in [0.25, 0.3) is 0 Å². The molecule has 1 fully saturated rings. The Hall–Kier alpha value is -3.64. The molecule has 0 aromatic heterocycles. The Bertz CT molecular complexity index is 907. The van der Waals surface area contributed by atoms with Gasteiger partial charge in [0.25, 0.3) is 0 Å². The molecular weight excluding hydrogens is 462 g/mol. The smallest absolute Gasteiger partial charge is 0.410 e. The van der Waals surface area contributed by atoms with Crippen molar-refractivity contribution in [2.24, 2.45) is 0 Å². The zero-order valence-electron chi connectivity index (χ0n) is 19.8. The van der Waals surface area contributed by atoms with Crippen LogP contribution < -0.4 is 5.48 Å². The number of carbonyl (C=O) groups excluding carboxylic acids is 3. The minimum Gasteiger partial charge on any atom is -0.463 e. The summed E-state index contributed by atoms with van der Waals surface area (Å²) < 4.78 is 20.7. The van der Waals surface area contributed by atoms with E-state index in [0.29, 0.717) is 0 Å². The summed E-state index contributed by atoms with van der Waals surface area (Å²) in [6.07, 6.45) is 0.399. The van der Waals surface area contributed by atoms with Crippen LogP contribution in [0, 0.1) is 5.41 Å². The number of nitrogens with one attached hydrogen (secondary N) is 2. The number of hydrogen-bond donors (Lipinski definition) is 3. The fourth-order valence-electron chi connectivity index (χ4n) is 3.21. The molecule has 12 nitrogen and oxygen atoms in total. The topological polar surface area (TPSA) is 157 Å². The maximum absolute atomic E-state index is 12.6. The molecule has 0 saturated carbocycles. The number of carbonyl (C=O) groups is 3. The first-order chi connectivity index (χ1) is 16.8. The highest BCUT2D eigenvalue weighted by atomic mass is 16.7. The lowest BCUT2D eigenvalue weighted by Crippen LogP contribution is -2.51. The number of aliphatic hydroxyl groups excluding tert-OH is 1. The molecule has 1 aromatic carbocycles. The van der Waals surface area contributed by atoms with Gasteiger partial charge in [-0.2, -0.15) is 0 Å². The lowest BCUT2D eigenvalue weighted by Gasteiger charge is -2.30. The van der Waals surface area contributed by atoms with Crippen LogP contribution in [0.4, 0.5) is 4.79 Å². The summed E-state index contributed by atoms with van der Waals surface area (Å²) in [5, 5.41) is 17.7. The third-order valence-electron chi connectivity index (χ3n) is 4.90. The number of rotatable bonds is 12. The van der Waals surface area contributed by atoms with Crippen LogP contribution in [-0.2, 0) is 40.0 Å². The zero-order chi connectivity index (χ0) is 25.7. The van der Waals surface area contributed by atoms with Gasteiger partial charge in [0, 0.05) is 13.0 Å². The van der Waals surface area contributed by atoms with Crippen LogP contribution in [0.15, 0.2) is 42.2 Å². The van der Waals surface area contributed by atoms with Crippen molar-refractivity contribution in [1.82, 2.24) is 10.4 Å².